The third kappa shape index (κ3) is 4.11. The van der Waals surface area contributed by atoms with E-state index >= 15 is 0 Å². The van der Waals surface area contributed by atoms with Crippen LogP contribution in [0.2, 0.25) is 0 Å². The molecule has 154 valence electrons. The molecular formula is C25H24O5. The number of allylic oxidation sites excluding steroid dienone is 1. The van der Waals surface area contributed by atoms with Crippen LogP contribution in [0.1, 0.15) is 29.7 Å². The summed E-state index contributed by atoms with van der Waals surface area (Å²) < 4.78 is 22.5. The van der Waals surface area contributed by atoms with Gasteiger partial charge in [0.05, 0.1) is 14.2 Å². The van der Waals surface area contributed by atoms with Gasteiger partial charge in [-0.25, -0.2) is 0 Å². The summed E-state index contributed by atoms with van der Waals surface area (Å²) in [6.07, 6.45) is 0.386. The summed E-state index contributed by atoms with van der Waals surface area (Å²) in [5.74, 6) is 2.81. The third-order valence-electron chi connectivity index (χ3n) is 5.11. The highest BCUT2D eigenvalue weighted by Gasteiger charge is 2.20. The average Bonchev–Trinajstić information content (AvgIpc) is 2.77. The van der Waals surface area contributed by atoms with Crippen LogP contribution >= 0.6 is 0 Å². The molecule has 5 nitrogen and oxygen atoms in total. The number of aliphatic hydroxyl groups is 1. The molecule has 1 atom stereocenters. The number of benzene rings is 3. The number of hydrogen-bond acceptors (Lipinski definition) is 5. The summed E-state index contributed by atoms with van der Waals surface area (Å²) in [6.45, 7) is 1.95. The van der Waals surface area contributed by atoms with E-state index in [0.717, 1.165) is 33.8 Å². The van der Waals surface area contributed by atoms with Crippen molar-refractivity contribution < 1.29 is 24.1 Å². The lowest BCUT2D eigenvalue weighted by Gasteiger charge is -2.24. The van der Waals surface area contributed by atoms with Crippen LogP contribution in [-0.4, -0.2) is 25.6 Å². The maximum absolute atomic E-state index is 9.89. The molecule has 0 saturated carbocycles. The Balaban J connectivity index is 1.69. The molecule has 3 aromatic carbocycles. The van der Waals surface area contributed by atoms with Crippen molar-refractivity contribution in [1.29, 1.82) is 0 Å². The van der Waals surface area contributed by atoms with Crippen LogP contribution in [-0.2, 0) is 0 Å². The molecule has 1 heterocycles. The van der Waals surface area contributed by atoms with E-state index in [1.165, 1.54) is 0 Å². The van der Waals surface area contributed by atoms with E-state index in [4.69, 9.17) is 18.9 Å². The maximum Gasteiger partial charge on any atom is 0.217 e. The number of ether oxygens (including phenoxy) is 4. The van der Waals surface area contributed by atoms with Gasteiger partial charge in [0.15, 0.2) is 0 Å². The van der Waals surface area contributed by atoms with Gasteiger partial charge < -0.3 is 24.1 Å². The van der Waals surface area contributed by atoms with Crippen LogP contribution in [0.4, 0.5) is 0 Å². The summed E-state index contributed by atoms with van der Waals surface area (Å²) in [6, 6.07) is 21.3. The highest BCUT2D eigenvalue weighted by molar-refractivity contribution is 5.71. The molecule has 0 radical (unpaired) electrons. The Labute approximate surface area is 176 Å². The second kappa shape index (κ2) is 8.51. The predicted octanol–water partition coefficient (Wildman–Crippen LogP) is 4.99. The second-order valence-corrected chi connectivity index (χ2v) is 7.06. The maximum atomic E-state index is 9.89. The molecule has 30 heavy (non-hydrogen) atoms. The van der Waals surface area contributed by atoms with Gasteiger partial charge in [0.2, 0.25) is 6.29 Å². The fraction of sp³-hybridized carbons (Fsp3) is 0.200. The first-order valence-corrected chi connectivity index (χ1v) is 9.69. The van der Waals surface area contributed by atoms with Gasteiger partial charge in [-0.3, -0.25) is 0 Å². The molecule has 1 aliphatic heterocycles. The summed E-state index contributed by atoms with van der Waals surface area (Å²) >= 11 is 0. The lowest BCUT2D eigenvalue weighted by Crippen LogP contribution is -2.17. The topological polar surface area (TPSA) is 57.2 Å². The zero-order chi connectivity index (χ0) is 21.1. The van der Waals surface area contributed by atoms with Crippen molar-refractivity contribution >= 4 is 5.57 Å². The van der Waals surface area contributed by atoms with E-state index in [-0.39, 0.29) is 6.10 Å². The molecule has 4 rings (SSSR count). The largest absolute Gasteiger partial charge is 0.497 e. The summed E-state index contributed by atoms with van der Waals surface area (Å²) in [4.78, 5) is 0. The van der Waals surface area contributed by atoms with Crippen molar-refractivity contribution in [2.24, 2.45) is 0 Å². The monoisotopic (exact) mass is 404 g/mol. The lowest BCUT2D eigenvalue weighted by molar-refractivity contribution is 0.0222. The first-order chi connectivity index (χ1) is 14.6. The van der Waals surface area contributed by atoms with E-state index in [9.17, 15) is 5.11 Å². The quantitative estimate of drug-likeness (QED) is 0.628. The van der Waals surface area contributed by atoms with Gasteiger partial charge in [-0.2, -0.15) is 0 Å². The van der Waals surface area contributed by atoms with Crippen molar-refractivity contribution in [2.75, 3.05) is 14.2 Å². The van der Waals surface area contributed by atoms with Crippen LogP contribution in [0.5, 0.6) is 23.0 Å². The van der Waals surface area contributed by atoms with Crippen LogP contribution in [0.15, 0.2) is 72.8 Å². The van der Waals surface area contributed by atoms with E-state index < -0.39 is 6.29 Å². The molecule has 0 spiro atoms. The molecule has 5 heteroatoms. The SMILES string of the molecule is COc1ccc(C(Oc2ccc3c(c2)OC(O)C=C3C)c2ccc(OC)cc2)cc1. The summed E-state index contributed by atoms with van der Waals surface area (Å²) in [7, 11) is 3.29. The van der Waals surface area contributed by atoms with E-state index in [1.54, 1.807) is 20.3 Å². The molecule has 0 bridgehead atoms. The summed E-state index contributed by atoms with van der Waals surface area (Å²) in [5.41, 5.74) is 3.88. The molecule has 1 aliphatic rings. The Morgan fingerprint density at radius 3 is 1.87 bits per heavy atom. The fourth-order valence-corrected chi connectivity index (χ4v) is 3.49. The minimum absolute atomic E-state index is 0.343. The Kier molecular flexibility index (Phi) is 5.63. The standard InChI is InChI=1S/C25H24O5/c1-16-14-24(26)30-23-15-21(12-13-22(16)23)29-25(17-4-8-19(27-2)9-5-17)18-6-10-20(28-3)11-7-18/h4-15,24-26H,1-3H3. The van der Waals surface area contributed by atoms with Crippen molar-refractivity contribution in [1.82, 2.24) is 0 Å². The van der Waals surface area contributed by atoms with Gasteiger partial charge in [-0.05, 0) is 66.1 Å². The van der Waals surface area contributed by atoms with Crippen molar-refractivity contribution in [3.8, 4) is 23.0 Å². The molecule has 0 aromatic heterocycles. The Bertz CT molecular complexity index is 991. The molecule has 0 fully saturated rings. The Morgan fingerprint density at radius 2 is 1.33 bits per heavy atom. The number of rotatable bonds is 6. The van der Waals surface area contributed by atoms with Gasteiger partial charge in [0.1, 0.15) is 29.1 Å². The minimum Gasteiger partial charge on any atom is -0.497 e. The molecule has 1 N–H and O–H groups in total. The van der Waals surface area contributed by atoms with Crippen LogP contribution in [0.25, 0.3) is 5.57 Å². The highest BCUT2D eigenvalue weighted by Crippen LogP contribution is 2.37. The van der Waals surface area contributed by atoms with Crippen molar-refractivity contribution in [3.05, 3.63) is 89.5 Å². The minimum atomic E-state index is -0.952. The van der Waals surface area contributed by atoms with E-state index in [0.29, 0.717) is 11.5 Å². The van der Waals surface area contributed by atoms with Crippen LogP contribution < -0.4 is 18.9 Å². The number of aliphatic hydroxyl groups excluding tert-OH is 1. The van der Waals surface area contributed by atoms with E-state index in [1.807, 2.05) is 73.7 Å². The normalized spacial score (nSPS) is 15.1. The van der Waals surface area contributed by atoms with E-state index in [2.05, 4.69) is 0 Å². The fourth-order valence-electron chi connectivity index (χ4n) is 3.49. The van der Waals surface area contributed by atoms with Gasteiger partial charge in [0.25, 0.3) is 0 Å². The average molecular weight is 404 g/mol. The number of methoxy groups -OCH3 is 2. The zero-order valence-electron chi connectivity index (χ0n) is 17.2. The molecular weight excluding hydrogens is 380 g/mol. The smallest absolute Gasteiger partial charge is 0.217 e. The summed E-state index contributed by atoms with van der Waals surface area (Å²) in [5, 5.41) is 9.89. The van der Waals surface area contributed by atoms with Gasteiger partial charge in [0, 0.05) is 11.6 Å². The van der Waals surface area contributed by atoms with Crippen molar-refractivity contribution in [3.63, 3.8) is 0 Å². The lowest BCUT2D eigenvalue weighted by atomic mass is 10.0. The van der Waals surface area contributed by atoms with Crippen LogP contribution in [0.3, 0.4) is 0 Å². The second-order valence-electron chi connectivity index (χ2n) is 7.06. The predicted molar refractivity (Wildman–Crippen MR) is 115 cm³/mol. The number of fused-ring (bicyclic) bond motifs is 1. The Hall–Kier alpha value is -3.44. The van der Waals surface area contributed by atoms with Gasteiger partial charge in [-0.15, -0.1) is 0 Å². The molecule has 1 unspecified atom stereocenters. The van der Waals surface area contributed by atoms with Gasteiger partial charge >= 0.3 is 0 Å². The molecule has 0 aliphatic carbocycles. The Morgan fingerprint density at radius 1 is 0.800 bits per heavy atom. The first-order valence-electron chi connectivity index (χ1n) is 9.69. The van der Waals surface area contributed by atoms with Crippen LogP contribution in [0, 0.1) is 0 Å². The molecule has 3 aromatic rings. The van der Waals surface area contributed by atoms with Gasteiger partial charge in [-0.1, -0.05) is 24.3 Å². The first kappa shape index (κ1) is 19.9. The molecule has 0 saturated heterocycles. The third-order valence-corrected chi connectivity index (χ3v) is 5.11. The number of hydrogen-bond donors (Lipinski definition) is 1. The molecule has 0 amide bonds. The van der Waals surface area contributed by atoms with Crippen molar-refractivity contribution in [2.45, 2.75) is 19.3 Å². The highest BCUT2D eigenvalue weighted by atomic mass is 16.6. The zero-order valence-corrected chi connectivity index (χ0v) is 17.2.